The van der Waals surface area contributed by atoms with Crippen LogP contribution in [0.4, 0.5) is 13.2 Å². The number of halogens is 3. The molecule has 0 aliphatic heterocycles. The highest BCUT2D eigenvalue weighted by Crippen LogP contribution is 2.25. The molecule has 5 heteroatoms. The summed E-state index contributed by atoms with van der Waals surface area (Å²) in [5, 5.41) is 3.35. The lowest BCUT2D eigenvalue weighted by Gasteiger charge is -2.35. The molecule has 0 aromatic rings. The summed E-state index contributed by atoms with van der Waals surface area (Å²) in [4.78, 5) is 1.45. The third-order valence-electron chi connectivity index (χ3n) is 3.24. The summed E-state index contributed by atoms with van der Waals surface area (Å²) in [6.45, 7) is 2.21. The molecule has 0 amide bonds. The van der Waals surface area contributed by atoms with E-state index in [4.69, 9.17) is 0 Å². The summed E-state index contributed by atoms with van der Waals surface area (Å²) in [5.41, 5.74) is 0. The summed E-state index contributed by atoms with van der Waals surface area (Å²) < 4.78 is 36.6. The van der Waals surface area contributed by atoms with Gasteiger partial charge in [-0.15, -0.1) is 0 Å². The molecule has 16 heavy (non-hydrogen) atoms. The van der Waals surface area contributed by atoms with E-state index in [1.165, 1.54) is 4.90 Å². The highest BCUT2D eigenvalue weighted by Gasteiger charge is 2.33. The molecule has 0 aromatic heterocycles. The number of alkyl halides is 3. The Morgan fingerprint density at radius 1 is 1.19 bits per heavy atom. The van der Waals surface area contributed by atoms with Crippen LogP contribution in [-0.2, 0) is 0 Å². The lowest BCUT2D eigenvalue weighted by atomic mass is 9.90. The fourth-order valence-electron chi connectivity index (χ4n) is 2.42. The first-order valence-corrected chi connectivity index (χ1v) is 5.92. The van der Waals surface area contributed by atoms with Crippen LogP contribution in [0.5, 0.6) is 0 Å². The molecule has 96 valence electrons. The topological polar surface area (TPSA) is 15.3 Å². The van der Waals surface area contributed by atoms with Crippen LogP contribution < -0.4 is 5.32 Å². The molecule has 0 saturated heterocycles. The maximum atomic E-state index is 12.2. The predicted molar refractivity (Wildman–Crippen MR) is 58.4 cm³/mol. The summed E-state index contributed by atoms with van der Waals surface area (Å²) >= 11 is 0. The molecule has 1 fully saturated rings. The van der Waals surface area contributed by atoms with Gasteiger partial charge in [-0.2, -0.15) is 13.2 Å². The van der Waals surface area contributed by atoms with Crippen LogP contribution in [0.3, 0.4) is 0 Å². The van der Waals surface area contributed by atoms with Crippen molar-refractivity contribution in [2.75, 3.05) is 20.1 Å². The number of hydrogen-bond donors (Lipinski definition) is 1. The van der Waals surface area contributed by atoms with Crippen molar-refractivity contribution in [1.29, 1.82) is 0 Å². The van der Waals surface area contributed by atoms with Crippen LogP contribution in [0.1, 0.15) is 32.6 Å². The zero-order valence-corrected chi connectivity index (χ0v) is 9.98. The number of hydrogen-bond acceptors (Lipinski definition) is 2. The number of nitrogens with one attached hydrogen (secondary N) is 1. The van der Waals surface area contributed by atoms with Gasteiger partial charge in [-0.25, -0.2) is 0 Å². The van der Waals surface area contributed by atoms with Crippen molar-refractivity contribution < 1.29 is 13.2 Å². The summed E-state index contributed by atoms with van der Waals surface area (Å²) in [7, 11) is 1.58. The van der Waals surface area contributed by atoms with E-state index in [9.17, 15) is 13.2 Å². The summed E-state index contributed by atoms with van der Waals surface area (Å²) in [6, 6.07) is 0.595. The highest BCUT2D eigenvalue weighted by molar-refractivity contribution is 4.82. The van der Waals surface area contributed by atoms with Crippen molar-refractivity contribution in [2.45, 2.75) is 50.9 Å². The normalized spacial score (nSPS) is 27.4. The molecular formula is C11H21F3N2. The molecule has 1 saturated carbocycles. The lowest BCUT2D eigenvalue weighted by molar-refractivity contribution is -0.148. The Morgan fingerprint density at radius 3 is 2.19 bits per heavy atom. The smallest absolute Gasteiger partial charge is 0.314 e. The minimum Gasteiger partial charge on any atom is -0.314 e. The molecule has 1 N–H and O–H groups in total. The Labute approximate surface area is 95.2 Å². The van der Waals surface area contributed by atoms with E-state index in [2.05, 4.69) is 12.2 Å². The maximum Gasteiger partial charge on any atom is 0.401 e. The number of rotatable bonds is 4. The Hall–Kier alpha value is -0.290. The molecular weight excluding hydrogens is 217 g/mol. The second-order valence-electron chi connectivity index (χ2n) is 4.59. The van der Waals surface area contributed by atoms with Gasteiger partial charge in [-0.3, -0.25) is 4.90 Å². The largest absolute Gasteiger partial charge is 0.401 e. The van der Waals surface area contributed by atoms with Gasteiger partial charge >= 0.3 is 6.18 Å². The highest BCUT2D eigenvalue weighted by atomic mass is 19.4. The molecule has 1 aliphatic rings. The second-order valence-corrected chi connectivity index (χ2v) is 4.59. The monoisotopic (exact) mass is 238 g/mol. The molecule has 0 aromatic carbocycles. The van der Waals surface area contributed by atoms with Gasteiger partial charge in [-0.05, 0) is 39.3 Å². The van der Waals surface area contributed by atoms with Crippen molar-refractivity contribution in [2.24, 2.45) is 0 Å². The van der Waals surface area contributed by atoms with E-state index in [0.29, 0.717) is 6.04 Å². The first kappa shape index (κ1) is 13.8. The van der Waals surface area contributed by atoms with E-state index in [1.807, 2.05) is 0 Å². The molecule has 0 radical (unpaired) electrons. The Morgan fingerprint density at radius 2 is 1.75 bits per heavy atom. The zero-order chi connectivity index (χ0) is 12.2. The van der Waals surface area contributed by atoms with E-state index >= 15 is 0 Å². The first-order valence-electron chi connectivity index (χ1n) is 5.92. The van der Waals surface area contributed by atoms with Crippen molar-refractivity contribution in [3.63, 3.8) is 0 Å². The minimum atomic E-state index is -4.08. The van der Waals surface area contributed by atoms with Gasteiger partial charge < -0.3 is 5.32 Å². The molecule has 0 bridgehead atoms. The second kappa shape index (κ2) is 5.87. The van der Waals surface area contributed by atoms with E-state index in [-0.39, 0.29) is 6.04 Å². The van der Waals surface area contributed by atoms with Gasteiger partial charge in [0.05, 0.1) is 6.54 Å². The quantitative estimate of drug-likeness (QED) is 0.809. The molecule has 1 rings (SSSR count). The van der Waals surface area contributed by atoms with Crippen LogP contribution in [0, 0.1) is 0 Å². The predicted octanol–water partition coefficient (Wildman–Crippen LogP) is 2.40. The molecule has 0 atom stereocenters. The van der Waals surface area contributed by atoms with E-state index in [1.54, 1.807) is 7.05 Å². The summed E-state index contributed by atoms with van der Waals surface area (Å²) in [6.07, 6.45) is -0.372. The molecule has 2 nitrogen and oxygen atoms in total. The molecule has 0 unspecified atom stereocenters. The first-order chi connectivity index (χ1) is 7.42. The average molecular weight is 238 g/mol. The molecule has 0 heterocycles. The van der Waals surface area contributed by atoms with Crippen molar-refractivity contribution >= 4 is 0 Å². The van der Waals surface area contributed by atoms with Gasteiger partial charge in [0, 0.05) is 12.1 Å². The van der Waals surface area contributed by atoms with Crippen molar-refractivity contribution in [3.8, 4) is 0 Å². The Balaban J connectivity index is 2.30. The van der Waals surface area contributed by atoms with Gasteiger partial charge in [-0.1, -0.05) is 6.92 Å². The summed E-state index contributed by atoms with van der Waals surface area (Å²) in [5.74, 6) is 0. The van der Waals surface area contributed by atoms with Gasteiger partial charge in [0.25, 0.3) is 0 Å². The SMILES string of the molecule is CCNC1CCC(N(C)CC(F)(F)F)CC1. The van der Waals surface area contributed by atoms with Gasteiger partial charge in [0.15, 0.2) is 0 Å². The van der Waals surface area contributed by atoms with Crippen LogP contribution in [0.25, 0.3) is 0 Å². The molecule has 1 aliphatic carbocycles. The van der Waals surface area contributed by atoms with Gasteiger partial charge in [0.2, 0.25) is 0 Å². The minimum absolute atomic E-state index is 0.0940. The number of nitrogens with zero attached hydrogens (tertiary/aromatic N) is 1. The Bertz CT molecular complexity index is 198. The van der Waals surface area contributed by atoms with Crippen LogP contribution in [0.15, 0.2) is 0 Å². The third-order valence-corrected chi connectivity index (χ3v) is 3.24. The Kier molecular flexibility index (Phi) is 5.05. The zero-order valence-electron chi connectivity index (χ0n) is 9.98. The van der Waals surface area contributed by atoms with E-state index < -0.39 is 12.7 Å². The van der Waals surface area contributed by atoms with Crippen LogP contribution >= 0.6 is 0 Å². The van der Waals surface area contributed by atoms with Crippen molar-refractivity contribution in [3.05, 3.63) is 0 Å². The van der Waals surface area contributed by atoms with E-state index in [0.717, 1.165) is 32.2 Å². The van der Waals surface area contributed by atoms with Crippen LogP contribution in [-0.4, -0.2) is 43.3 Å². The third kappa shape index (κ3) is 4.70. The van der Waals surface area contributed by atoms with Crippen molar-refractivity contribution in [1.82, 2.24) is 10.2 Å². The fraction of sp³-hybridized carbons (Fsp3) is 1.00. The van der Waals surface area contributed by atoms with Gasteiger partial charge in [0.1, 0.15) is 0 Å². The lowest BCUT2D eigenvalue weighted by Crippen LogP contribution is -2.43. The maximum absolute atomic E-state index is 12.2. The standard InChI is InChI=1S/C11H21F3N2/c1-3-15-9-4-6-10(7-5-9)16(2)8-11(12,13)14/h9-10,15H,3-8H2,1-2H3. The fourth-order valence-corrected chi connectivity index (χ4v) is 2.42. The van der Waals surface area contributed by atoms with Crippen LogP contribution in [0.2, 0.25) is 0 Å². The average Bonchev–Trinajstić information content (AvgIpc) is 2.16. The molecule has 0 spiro atoms.